The van der Waals surface area contributed by atoms with E-state index in [0.717, 1.165) is 11.1 Å². The lowest BCUT2D eigenvalue weighted by Gasteiger charge is -2.07. The Kier molecular flexibility index (Phi) is 4.34. The van der Waals surface area contributed by atoms with Gasteiger partial charge in [0.05, 0.1) is 0 Å². The number of anilines is 1. The molecular formula is C16H15NO2. The maximum atomic E-state index is 11.6. The van der Waals surface area contributed by atoms with E-state index in [4.69, 9.17) is 4.74 Å². The summed E-state index contributed by atoms with van der Waals surface area (Å²) in [5.41, 5.74) is 2.59. The molecule has 2 aromatic rings. The van der Waals surface area contributed by atoms with Gasteiger partial charge in [-0.1, -0.05) is 55.1 Å². The number of amides is 1. The van der Waals surface area contributed by atoms with Crippen LogP contribution in [0.15, 0.2) is 61.2 Å². The minimum atomic E-state index is -0.468. The van der Waals surface area contributed by atoms with Crippen LogP contribution >= 0.6 is 0 Å². The average Bonchev–Trinajstić information content (AvgIpc) is 2.46. The lowest BCUT2D eigenvalue weighted by molar-refractivity contribution is 0.155. The molecule has 0 radical (unpaired) electrons. The van der Waals surface area contributed by atoms with Crippen molar-refractivity contribution in [2.24, 2.45) is 0 Å². The Morgan fingerprint density at radius 3 is 2.68 bits per heavy atom. The third kappa shape index (κ3) is 4.00. The molecule has 96 valence electrons. The second-order valence-electron chi connectivity index (χ2n) is 4.02. The fourth-order valence-corrected chi connectivity index (χ4v) is 1.62. The first kappa shape index (κ1) is 12.9. The summed E-state index contributed by atoms with van der Waals surface area (Å²) in [4.78, 5) is 11.6. The van der Waals surface area contributed by atoms with Crippen molar-refractivity contribution >= 4 is 17.9 Å². The van der Waals surface area contributed by atoms with Gasteiger partial charge in [0.25, 0.3) is 0 Å². The zero-order valence-electron chi connectivity index (χ0n) is 10.5. The average molecular weight is 253 g/mol. The first-order chi connectivity index (χ1) is 9.28. The van der Waals surface area contributed by atoms with Crippen LogP contribution in [0.2, 0.25) is 0 Å². The lowest BCUT2D eigenvalue weighted by Crippen LogP contribution is -2.13. The minimum absolute atomic E-state index is 0.258. The van der Waals surface area contributed by atoms with Crippen LogP contribution in [0.3, 0.4) is 0 Å². The molecule has 0 spiro atoms. The molecule has 3 heteroatoms. The highest BCUT2D eigenvalue weighted by Crippen LogP contribution is 2.12. The van der Waals surface area contributed by atoms with Gasteiger partial charge in [0.15, 0.2) is 0 Å². The first-order valence-corrected chi connectivity index (χ1v) is 5.98. The fourth-order valence-electron chi connectivity index (χ4n) is 1.62. The molecule has 0 fully saturated rings. The topological polar surface area (TPSA) is 38.3 Å². The van der Waals surface area contributed by atoms with Gasteiger partial charge < -0.3 is 4.74 Å². The number of ether oxygens (including phenoxy) is 1. The standard InChI is InChI=1S/C16H15NO2/c1-2-13-9-6-10-15(11-13)17-16(18)19-12-14-7-4-3-5-8-14/h2-11H,1,12H2,(H,17,18). The van der Waals surface area contributed by atoms with Gasteiger partial charge in [0.2, 0.25) is 0 Å². The molecule has 0 aliphatic rings. The van der Waals surface area contributed by atoms with E-state index >= 15 is 0 Å². The minimum Gasteiger partial charge on any atom is -0.444 e. The molecule has 0 atom stereocenters. The van der Waals surface area contributed by atoms with Gasteiger partial charge in [-0.05, 0) is 23.3 Å². The Morgan fingerprint density at radius 1 is 1.16 bits per heavy atom. The van der Waals surface area contributed by atoms with E-state index in [9.17, 15) is 4.79 Å². The number of carbonyl (C=O) groups is 1. The molecule has 0 bridgehead atoms. The second-order valence-corrected chi connectivity index (χ2v) is 4.02. The Labute approximate surface area is 112 Å². The van der Waals surface area contributed by atoms with Gasteiger partial charge in [-0.2, -0.15) is 0 Å². The number of rotatable bonds is 4. The summed E-state index contributed by atoms with van der Waals surface area (Å²) in [5, 5.41) is 2.68. The van der Waals surface area contributed by atoms with Crippen LogP contribution in [0.4, 0.5) is 10.5 Å². The molecule has 3 nitrogen and oxygen atoms in total. The smallest absolute Gasteiger partial charge is 0.411 e. The van der Waals surface area contributed by atoms with E-state index in [1.807, 2.05) is 48.5 Å². The summed E-state index contributed by atoms with van der Waals surface area (Å²) >= 11 is 0. The van der Waals surface area contributed by atoms with Crippen LogP contribution in [0.25, 0.3) is 6.08 Å². The Balaban J connectivity index is 1.89. The van der Waals surface area contributed by atoms with E-state index in [0.29, 0.717) is 5.69 Å². The van der Waals surface area contributed by atoms with Gasteiger partial charge in [-0.3, -0.25) is 5.32 Å². The lowest BCUT2D eigenvalue weighted by atomic mass is 10.2. The Morgan fingerprint density at radius 2 is 1.95 bits per heavy atom. The van der Waals surface area contributed by atoms with Crippen molar-refractivity contribution in [1.82, 2.24) is 0 Å². The summed E-state index contributed by atoms with van der Waals surface area (Å²) in [6.07, 6.45) is 1.26. The van der Waals surface area contributed by atoms with E-state index in [1.165, 1.54) is 0 Å². The van der Waals surface area contributed by atoms with Crippen LogP contribution in [0.1, 0.15) is 11.1 Å². The zero-order chi connectivity index (χ0) is 13.5. The third-order valence-electron chi connectivity index (χ3n) is 2.58. The van der Waals surface area contributed by atoms with Gasteiger partial charge in [-0.25, -0.2) is 4.79 Å². The number of hydrogen-bond acceptors (Lipinski definition) is 2. The molecule has 0 aromatic heterocycles. The quantitative estimate of drug-likeness (QED) is 0.891. The van der Waals surface area contributed by atoms with Crippen molar-refractivity contribution < 1.29 is 9.53 Å². The molecule has 1 amide bonds. The van der Waals surface area contributed by atoms with Crippen LogP contribution in [-0.2, 0) is 11.3 Å². The Hall–Kier alpha value is -2.55. The highest BCUT2D eigenvalue weighted by Gasteiger charge is 2.03. The number of nitrogens with one attached hydrogen (secondary N) is 1. The maximum Gasteiger partial charge on any atom is 0.411 e. The normalized spacial score (nSPS) is 9.68. The van der Waals surface area contributed by atoms with Gasteiger partial charge >= 0.3 is 6.09 Å². The molecule has 2 rings (SSSR count). The molecule has 0 unspecified atom stereocenters. The molecular weight excluding hydrogens is 238 g/mol. The summed E-state index contributed by atoms with van der Waals surface area (Å²) in [7, 11) is 0. The van der Waals surface area contributed by atoms with E-state index in [1.54, 1.807) is 12.1 Å². The van der Waals surface area contributed by atoms with Crippen LogP contribution < -0.4 is 5.32 Å². The van der Waals surface area contributed by atoms with Gasteiger partial charge in [0.1, 0.15) is 6.61 Å². The van der Waals surface area contributed by atoms with Crippen molar-refractivity contribution in [2.45, 2.75) is 6.61 Å². The second kappa shape index (κ2) is 6.40. The molecule has 0 saturated heterocycles. The molecule has 0 heterocycles. The molecule has 0 aliphatic carbocycles. The fraction of sp³-hybridized carbons (Fsp3) is 0.0625. The first-order valence-electron chi connectivity index (χ1n) is 5.98. The van der Waals surface area contributed by atoms with E-state index < -0.39 is 6.09 Å². The predicted octanol–water partition coefficient (Wildman–Crippen LogP) is 4.08. The molecule has 0 saturated carbocycles. The van der Waals surface area contributed by atoms with Crippen LogP contribution in [0.5, 0.6) is 0 Å². The van der Waals surface area contributed by atoms with Crippen molar-refractivity contribution in [3.05, 3.63) is 72.3 Å². The largest absolute Gasteiger partial charge is 0.444 e. The van der Waals surface area contributed by atoms with Crippen LogP contribution in [-0.4, -0.2) is 6.09 Å². The molecule has 0 aliphatic heterocycles. The van der Waals surface area contributed by atoms with Crippen molar-refractivity contribution in [3.63, 3.8) is 0 Å². The van der Waals surface area contributed by atoms with Crippen molar-refractivity contribution in [1.29, 1.82) is 0 Å². The number of carbonyl (C=O) groups excluding carboxylic acids is 1. The number of hydrogen-bond donors (Lipinski definition) is 1. The third-order valence-corrected chi connectivity index (χ3v) is 2.58. The van der Waals surface area contributed by atoms with Crippen molar-refractivity contribution in [3.8, 4) is 0 Å². The number of benzene rings is 2. The zero-order valence-corrected chi connectivity index (χ0v) is 10.5. The molecule has 2 aromatic carbocycles. The summed E-state index contributed by atoms with van der Waals surface area (Å²) in [6.45, 7) is 3.94. The van der Waals surface area contributed by atoms with Gasteiger partial charge in [-0.15, -0.1) is 0 Å². The monoisotopic (exact) mass is 253 g/mol. The maximum absolute atomic E-state index is 11.6. The summed E-state index contributed by atoms with van der Waals surface area (Å²) in [6, 6.07) is 16.9. The highest BCUT2D eigenvalue weighted by atomic mass is 16.5. The Bertz CT molecular complexity index is 564. The van der Waals surface area contributed by atoms with Crippen LogP contribution in [0, 0.1) is 0 Å². The SMILES string of the molecule is C=Cc1cccc(NC(=O)OCc2ccccc2)c1. The molecule has 1 N–H and O–H groups in total. The molecule has 19 heavy (non-hydrogen) atoms. The predicted molar refractivity (Wildman–Crippen MR) is 76.8 cm³/mol. The highest BCUT2D eigenvalue weighted by molar-refractivity contribution is 5.85. The van der Waals surface area contributed by atoms with Gasteiger partial charge in [0, 0.05) is 5.69 Å². The summed E-state index contributed by atoms with van der Waals surface area (Å²) in [5.74, 6) is 0. The van der Waals surface area contributed by atoms with E-state index in [-0.39, 0.29) is 6.61 Å². The van der Waals surface area contributed by atoms with E-state index in [2.05, 4.69) is 11.9 Å². The summed E-state index contributed by atoms with van der Waals surface area (Å²) < 4.78 is 5.13. The van der Waals surface area contributed by atoms with Crippen molar-refractivity contribution in [2.75, 3.05) is 5.32 Å².